The zero-order valence-corrected chi connectivity index (χ0v) is 15.8. The van der Waals surface area contributed by atoms with Gasteiger partial charge in [0.05, 0.1) is 24.1 Å². The number of aryl methyl sites for hydroxylation is 3. The summed E-state index contributed by atoms with van der Waals surface area (Å²) in [5.41, 5.74) is 13.9. The molecule has 3 aromatic heterocycles. The maximum absolute atomic E-state index is 6.04. The molecule has 0 saturated heterocycles. The van der Waals surface area contributed by atoms with Crippen LogP contribution in [0.4, 0.5) is 5.95 Å². The van der Waals surface area contributed by atoms with E-state index >= 15 is 0 Å². The summed E-state index contributed by atoms with van der Waals surface area (Å²) in [5, 5.41) is 13.1. The molecule has 1 aliphatic rings. The Bertz CT molecular complexity index is 1170. The molecule has 5 rings (SSSR count). The monoisotopic (exact) mass is 372 g/mol. The molecule has 1 aliphatic carbocycles. The van der Waals surface area contributed by atoms with Crippen LogP contribution in [0.2, 0.25) is 0 Å². The predicted molar refractivity (Wildman–Crippen MR) is 105 cm³/mol. The van der Waals surface area contributed by atoms with E-state index in [4.69, 9.17) is 5.73 Å². The minimum atomic E-state index is 0.250. The van der Waals surface area contributed by atoms with Gasteiger partial charge in [-0.2, -0.15) is 5.10 Å². The molecule has 8 heteroatoms. The van der Waals surface area contributed by atoms with Crippen molar-refractivity contribution in [3.05, 3.63) is 59.0 Å². The third kappa shape index (κ3) is 2.74. The van der Waals surface area contributed by atoms with Gasteiger partial charge >= 0.3 is 0 Å². The summed E-state index contributed by atoms with van der Waals surface area (Å²) in [7, 11) is 1.93. The largest absolute Gasteiger partial charge is 0.368 e. The van der Waals surface area contributed by atoms with Gasteiger partial charge in [-0.25, -0.2) is 14.6 Å². The molecule has 3 heterocycles. The number of nitrogen functional groups attached to an aromatic ring is 1. The summed E-state index contributed by atoms with van der Waals surface area (Å²) in [6.07, 6.45) is 3.70. The van der Waals surface area contributed by atoms with Crippen LogP contribution in [0.25, 0.3) is 22.6 Å². The highest BCUT2D eigenvalue weighted by molar-refractivity contribution is 5.76. The first-order valence-corrected chi connectivity index (χ1v) is 9.23. The SMILES string of the molecule is Cc1cc(Cn2cc(-c3nc(N)nc4c3CCc3ccccc3-4)nn2)nn1C. The summed E-state index contributed by atoms with van der Waals surface area (Å²) in [6.45, 7) is 2.58. The van der Waals surface area contributed by atoms with Gasteiger partial charge in [-0.05, 0) is 31.4 Å². The minimum absolute atomic E-state index is 0.250. The van der Waals surface area contributed by atoms with Gasteiger partial charge in [-0.1, -0.05) is 29.5 Å². The number of nitrogens with zero attached hydrogens (tertiary/aromatic N) is 7. The van der Waals surface area contributed by atoms with Crippen LogP contribution < -0.4 is 5.73 Å². The number of benzene rings is 1. The zero-order chi connectivity index (χ0) is 19.3. The quantitative estimate of drug-likeness (QED) is 0.591. The molecule has 0 fully saturated rings. The summed E-state index contributed by atoms with van der Waals surface area (Å²) >= 11 is 0. The van der Waals surface area contributed by atoms with Crippen molar-refractivity contribution >= 4 is 5.95 Å². The average Bonchev–Trinajstić information content (AvgIpc) is 3.27. The zero-order valence-electron chi connectivity index (χ0n) is 15.8. The van der Waals surface area contributed by atoms with Crippen LogP contribution in [0.15, 0.2) is 36.5 Å². The van der Waals surface area contributed by atoms with Crippen molar-refractivity contribution in [1.82, 2.24) is 34.7 Å². The van der Waals surface area contributed by atoms with E-state index in [0.717, 1.165) is 46.7 Å². The lowest BCUT2D eigenvalue weighted by Gasteiger charge is -2.20. The molecule has 0 saturated carbocycles. The summed E-state index contributed by atoms with van der Waals surface area (Å²) in [6, 6.07) is 10.4. The second kappa shape index (κ2) is 6.26. The van der Waals surface area contributed by atoms with Gasteiger partial charge in [0.1, 0.15) is 11.4 Å². The van der Waals surface area contributed by atoms with Crippen molar-refractivity contribution in [2.24, 2.45) is 7.05 Å². The molecule has 1 aromatic carbocycles. The van der Waals surface area contributed by atoms with Gasteiger partial charge in [-0.15, -0.1) is 5.10 Å². The van der Waals surface area contributed by atoms with E-state index in [0.29, 0.717) is 12.2 Å². The number of aromatic nitrogens is 7. The molecular formula is C20H20N8. The Morgan fingerprint density at radius 2 is 1.93 bits per heavy atom. The van der Waals surface area contributed by atoms with Crippen molar-refractivity contribution in [2.75, 3.05) is 5.73 Å². The number of nitrogens with two attached hydrogens (primary N) is 1. The van der Waals surface area contributed by atoms with Crippen LogP contribution in [0.3, 0.4) is 0 Å². The lowest BCUT2D eigenvalue weighted by Crippen LogP contribution is -2.11. The standard InChI is InChI=1S/C20H20N8/c1-12-9-14(25-27(12)2)10-28-11-17(24-26-28)19-16-8-7-13-5-3-4-6-15(13)18(16)22-20(21)23-19/h3-6,9,11H,7-8,10H2,1-2H3,(H2,21,22,23). The van der Waals surface area contributed by atoms with Crippen molar-refractivity contribution < 1.29 is 0 Å². The summed E-state index contributed by atoms with van der Waals surface area (Å²) in [5.74, 6) is 0.250. The lowest BCUT2D eigenvalue weighted by atomic mass is 9.88. The fraction of sp³-hybridized carbons (Fsp3) is 0.250. The van der Waals surface area contributed by atoms with Gasteiger partial charge in [-0.3, -0.25) is 4.68 Å². The number of anilines is 1. The first-order chi connectivity index (χ1) is 13.6. The Kier molecular flexibility index (Phi) is 3.71. The summed E-state index contributed by atoms with van der Waals surface area (Å²) < 4.78 is 3.63. The maximum Gasteiger partial charge on any atom is 0.221 e. The Morgan fingerprint density at radius 3 is 2.75 bits per heavy atom. The smallest absolute Gasteiger partial charge is 0.221 e. The molecule has 2 N–H and O–H groups in total. The number of rotatable bonds is 3. The summed E-state index contributed by atoms with van der Waals surface area (Å²) in [4.78, 5) is 9.03. The molecule has 28 heavy (non-hydrogen) atoms. The van der Waals surface area contributed by atoms with Gasteiger partial charge in [0, 0.05) is 23.9 Å². The molecule has 8 nitrogen and oxygen atoms in total. The van der Waals surface area contributed by atoms with E-state index in [1.54, 1.807) is 4.68 Å². The van der Waals surface area contributed by atoms with Crippen LogP contribution in [-0.2, 0) is 26.4 Å². The van der Waals surface area contributed by atoms with E-state index in [1.165, 1.54) is 5.56 Å². The first-order valence-electron chi connectivity index (χ1n) is 9.23. The van der Waals surface area contributed by atoms with Crippen LogP contribution in [-0.4, -0.2) is 34.7 Å². The lowest BCUT2D eigenvalue weighted by molar-refractivity contribution is 0.622. The van der Waals surface area contributed by atoms with Crippen molar-refractivity contribution in [2.45, 2.75) is 26.3 Å². The molecule has 0 spiro atoms. The molecule has 140 valence electrons. The Morgan fingerprint density at radius 1 is 1.11 bits per heavy atom. The molecule has 4 aromatic rings. The molecule has 0 unspecified atom stereocenters. The third-order valence-electron chi connectivity index (χ3n) is 5.21. The topological polar surface area (TPSA) is 100 Å². The molecular weight excluding hydrogens is 352 g/mol. The minimum Gasteiger partial charge on any atom is -0.368 e. The second-order valence-corrected chi connectivity index (χ2v) is 7.12. The highest BCUT2D eigenvalue weighted by Gasteiger charge is 2.23. The van der Waals surface area contributed by atoms with Crippen molar-refractivity contribution in [1.29, 1.82) is 0 Å². The van der Waals surface area contributed by atoms with Crippen molar-refractivity contribution in [3.63, 3.8) is 0 Å². The fourth-order valence-electron chi connectivity index (χ4n) is 3.76. The van der Waals surface area contributed by atoms with Crippen molar-refractivity contribution in [3.8, 4) is 22.6 Å². The predicted octanol–water partition coefficient (Wildman–Crippen LogP) is 2.17. The molecule has 0 aliphatic heterocycles. The number of fused-ring (bicyclic) bond motifs is 3. The number of hydrogen-bond donors (Lipinski definition) is 1. The van der Waals surface area contributed by atoms with Crippen LogP contribution in [0.5, 0.6) is 0 Å². The average molecular weight is 372 g/mol. The highest BCUT2D eigenvalue weighted by atomic mass is 15.4. The third-order valence-corrected chi connectivity index (χ3v) is 5.21. The number of hydrogen-bond acceptors (Lipinski definition) is 6. The normalized spacial score (nSPS) is 12.6. The maximum atomic E-state index is 6.04. The Balaban J connectivity index is 1.54. The molecule has 0 atom stereocenters. The van der Waals surface area contributed by atoms with E-state index in [1.807, 2.05) is 37.0 Å². The van der Waals surface area contributed by atoms with E-state index in [2.05, 4.69) is 43.6 Å². The Hall–Kier alpha value is -3.55. The molecule has 0 amide bonds. The van der Waals surface area contributed by atoms with Gasteiger partial charge in [0.25, 0.3) is 0 Å². The van der Waals surface area contributed by atoms with Gasteiger partial charge in [0.2, 0.25) is 5.95 Å². The van der Waals surface area contributed by atoms with Gasteiger partial charge < -0.3 is 5.73 Å². The molecule has 0 bridgehead atoms. The van der Waals surface area contributed by atoms with E-state index < -0.39 is 0 Å². The fourth-order valence-corrected chi connectivity index (χ4v) is 3.76. The first kappa shape index (κ1) is 16.6. The van der Waals surface area contributed by atoms with E-state index in [9.17, 15) is 0 Å². The van der Waals surface area contributed by atoms with Gasteiger partial charge in [0.15, 0.2) is 0 Å². The van der Waals surface area contributed by atoms with Crippen LogP contribution >= 0.6 is 0 Å². The Labute approximate surface area is 162 Å². The molecule has 0 radical (unpaired) electrons. The van der Waals surface area contributed by atoms with Crippen LogP contribution in [0.1, 0.15) is 22.5 Å². The van der Waals surface area contributed by atoms with Crippen LogP contribution in [0, 0.1) is 6.92 Å². The highest BCUT2D eigenvalue weighted by Crippen LogP contribution is 2.36. The second-order valence-electron chi connectivity index (χ2n) is 7.12. The van der Waals surface area contributed by atoms with E-state index in [-0.39, 0.29) is 5.95 Å².